The molecule has 0 aliphatic carbocycles. The molecular formula is C22H23NO2. The number of benzene rings is 3. The first-order valence-electron chi connectivity index (χ1n) is 8.61. The molecule has 1 N–H and O–H groups in total. The van der Waals surface area contributed by atoms with Gasteiger partial charge in [0.05, 0.1) is 12.7 Å². The minimum atomic E-state index is -0.154. The van der Waals surface area contributed by atoms with Gasteiger partial charge in [-0.1, -0.05) is 56.3 Å². The number of nitrogens with one attached hydrogen (secondary N) is 1. The van der Waals surface area contributed by atoms with Gasteiger partial charge in [-0.05, 0) is 46.9 Å². The third kappa shape index (κ3) is 3.50. The Morgan fingerprint density at radius 1 is 1.04 bits per heavy atom. The first-order valence-corrected chi connectivity index (χ1v) is 8.61. The molecule has 0 saturated heterocycles. The zero-order chi connectivity index (χ0) is 17.8. The van der Waals surface area contributed by atoms with Gasteiger partial charge in [-0.2, -0.15) is 0 Å². The summed E-state index contributed by atoms with van der Waals surface area (Å²) in [4.78, 5) is 12.9. The molecule has 0 bridgehead atoms. The Morgan fingerprint density at radius 3 is 2.36 bits per heavy atom. The van der Waals surface area contributed by atoms with Crippen LogP contribution in [0.1, 0.15) is 42.1 Å². The fourth-order valence-corrected chi connectivity index (χ4v) is 3.02. The van der Waals surface area contributed by atoms with E-state index in [1.165, 1.54) is 0 Å². The van der Waals surface area contributed by atoms with Crippen LogP contribution in [0.5, 0.6) is 5.75 Å². The second-order valence-electron chi connectivity index (χ2n) is 6.25. The van der Waals surface area contributed by atoms with Gasteiger partial charge in [0.25, 0.3) is 5.91 Å². The minimum absolute atomic E-state index is 0.154. The number of para-hydroxylation sites is 1. The van der Waals surface area contributed by atoms with Gasteiger partial charge < -0.3 is 10.1 Å². The van der Waals surface area contributed by atoms with Crippen molar-refractivity contribution < 1.29 is 9.53 Å². The van der Waals surface area contributed by atoms with E-state index >= 15 is 0 Å². The molecule has 0 heterocycles. The largest absolute Gasteiger partial charge is 0.496 e. The normalized spacial score (nSPS) is 12.0. The Hall–Kier alpha value is -2.81. The van der Waals surface area contributed by atoms with E-state index in [1.807, 2.05) is 54.6 Å². The van der Waals surface area contributed by atoms with Gasteiger partial charge in [0.1, 0.15) is 5.75 Å². The molecule has 0 spiro atoms. The van der Waals surface area contributed by atoms with Gasteiger partial charge in [-0.15, -0.1) is 0 Å². The molecule has 0 aromatic heterocycles. The number of ether oxygens (including phenoxy) is 1. The van der Waals surface area contributed by atoms with Crippen molar-refractivity contribution in [2.24, 2.45) is 0 Å². The van der Waals surface area contributed by atoms with Crippen LogP contribution < -0.4 is 10.1 Å². The first kappa shape index (κ1) is 17.0. The number of carbonyl (C=O) groups is 1. The van der Waals surface area contributed by atoms with Crippen molar-refractivity contribution in [2.45, 2.75) is 26.2 Å². The number of carbonyl (C=O) groups excluding carboxylic acids is 1. The van der Waals surface area contributed by atoms with Crippen molar-refractivity contribution in [3.63, 3.8) is 0 Å². The molecule has 0 unspecified atom stereocenters. The smallest absolute Gasteiger partial charge is 0.259 e. The summed E-state index contributed by atoms with van der Waals surface area (Å²) >= 11 is 0. The molecule has 0 radical (unpaired) electrons. The topological polar surface area (TPSA) is 38.3 Å². The van der Waals surface area contributed by atoms with Crippen LogP contribution in [0.15, 0.2) is 60.7 Å². The standard InChI is InChI=1S/C22H23NO2/c1-4-15(2)18-11-7-8-12-20(18)23-22(24)19-13-16-9-5-6-10-17(16)14-21(19)25-3/h5-15H,4H2,1-3H3,(H,23,24)/t15-/m0/s1. The zero-order valence-electron chi connectivity index (χ0n) is 14.9. The minimum Gasteiger partial charge on any atom is -0.496 e. The molecule has 0 fully saturated rings. The number of anilines is 1. The monoisotopic (exact) mass is 333 g/mol. The lowest BCUT2D eigenvalue weighted by Gasteiger charge is -2.16. The van der Waals surface area contributed by atoms with Crippen molar-refractivity contribution in [2.75, 3.05) is 12.4 Å². The molecule has 0 aliphatic rings. The summed E-state index contributed by atoms with van der Waals surface area (Å²) in [5, 5.41) is 5.13. The van der Waals surface area contributed by atoms with Gasteiger partial charge in [0.15, 0.2) is 0 Å². The predicted octanol–water partition coefficient (Wildman–Crippen LogP) is 5.61. The molecule has 25 heavy (non-hydrogen) atoms. The molecule has 3 aromatic rings. The Balaban J connectivity index is 1.98. The van der Waals surface area contributed by atoms with E-state index in [0.29, 0.717) is 17.2 Å². The van der Waals surface area contributed by atoms with E-state index in [1.54, 1.807) is 7.11 Å². The fraction of sp³-hybridized carbons (Fsp3) is 0.227. The van der Waals surface area contributed by atoms with Gasteiger partial charge in [0, 0.05) is 5.69 Å². The Morgan fingerprint density at radius 2 is 1.68 bits per heavy atom. The van der Waals surface area contributed by atoms with Gasteiger partial charge in [-0.3, -0.25) is 4.79 Å². The Kier molecular flexibility index (Phi) is 5.03. The molecule has 3 aromatic carbocycles. The third-order valence-electron chi connectivity index (χ3n) is 4.66. The third-order valence-corrected chi connectivity index (χ3v) is 4.66. The van der Waals surface area contributed by atoms with Crippen molar-refractivity contribution in [3.8, 4) is 5.75 Å². The summed E-state index contributed by atoms with van der Waals surface area (Å²) in [7, 11) is 1.59. The highest BCUT2D eigenvalue weighted by Gasteiger charge is 2.16. The molecule has 1 amide bonds. The number of hydrogen-bond donors (Lipinski definition) is 1. The maximum Gasteiger partial charge on any atom is 0.259 e. The van der Waals surface area contributed by atoms with Crippen LogP contribution in [0.4, 0.5) is 5.69 Å². The summed E-state index contributed by atoms with van der Waals surface area (Å²) in [5.41, 5.74) is 2.55. The van der Waals surface area contributed by atoms with Crippen LogP contribution in [0.25, 0.3) is 10.8 Å². The molecule has 0 saturated carbocycles. The van der Waals surface area contributed by atoms with Crippen molar-refractivity contribution in [1.29, 1.82) is 0 Å². The molecule has 0 aliphatic heterocycles. The maximum atomic E-state index is 12.9. The predicted molar refractivity (Wildman–Crippen MR) is 104 cm³/mol. The van der Waals surface area contributed by atoms with E-state index < -0.39 is 0 Å². The average molecular weight is 333 g/mol. The lowest BCUT2D eigenvalue weighted by molar-refractivity contribution is 0.102. The summed E-state index contributed by atoms with van der Waals surface area (Å²) in [5.74, 6) is 0.811. The summed E-state index contributed by atoms with van der Waals surface area (Å²) < 4.78 is 5.45. The highest BCUT2D eigenvalue weighted by atomic mass is 16.5. The van der Waals surface area contributed by atoms with E-state index in [4.69, 9.17) is 4.74 Å². The first-order chi connectivity index (χ1) is 12.1. The van der Waals surface area contributed by atoms with Crippen LogP contribution in [0, 0.1) is 0 Å². The molecule has 3 rings (SSSR count). The summed E-state index contributed by atoms with van der Waals surface area (Å²) in [6.07, 6.45) is 1.02. The fourth-order valence-electron chi connectivity index (χ4n) is 3.02. The van der Waals surface area contributed by atoms with Crippen molar-refractivity contribution in [1.82, 2.24) is 0 Å². The van der Waals surface area contributed by atoms with Crippen LogP contribution in [-0.4, -0.2) is 13.0 Å². The number of hydrogen-bond acceptors (Lipinski definition) is 2. The van der Waals surface area contributed by atoms with E-state index in [9.17, 15) is 4.79 Å². The average Bonchev–Trinajstić information content (AvgIpc) is 2.66. The Labute approximate surface area is 148 Å². The lowest BCUT2D eigenvalue weighted by atomic mass is 9.96. The lowest BCUT2D eigenvalue weighted by Crippen LogP contribution is -2.15. The molecule has 3 nitrogen and oxygen atoms in total. The quantitative estimate of drug-likeness (QED) is 0.658. The number of amides is 1. The molecule has 1 atom stereocenters. The maximum absolute atomic E-state index is 12.9. The number of methoxy groups -OCH3 is 1. The van der Waals surface area contributed by atoms with Crippen molar-refractivity contribution in [3.05, 3.63) is 71.8 Å². The second-order valence-corrected chi connectivity index (χ2v) is 6.25. The second kappa shape index (κ2) is 7.39. The zero-order valence-corrected chi connectivity index (χ0v) is 14.9. The van der Waals surface area contributed by atoms with Crippen LogP contribution >= 0.6 is 0 Å². The van der Waals surface area contributed by atoms with E-state index in [2.05, 4.69) is 25.2 Å². The van der Waals surface area contributed by atoms with Gasteiger partial charge in [-0.25, -0.2) is 0 Å². The van der Waals surface area contributed by atoms with E-state index in [0.717, 1.165) is 28.4 Å². The summed E-state index contributed by atoms with van der Waals surface area (Å²) in [6, 6.07) is 19.7. The highest BCUT2D eigenvalue weighted by molar-refractivity contribution is 6.09. The molecule has 128 valence electrons. The van der Waals surface area contributed by atoms with E-state index in [-0.39, 0.29) is 5.91 Å². The van der Waals surface area contributed by atoms with Gasteiger partial charge in [0.2, 0.25) is 0 Å². The summed E-state index contributed by atoms with van der Waals surface area (Å²) in [6.45, 7) is 4.32. The number of rotatable bonds is 5. The Bertz CT molecular complexity index is 901. The highest BCUT2D eigenvalue weighted by Crippen LogP contribution is 2.29. The SMILES string of the molecule is CC[C@H](C)c1ccccc1NC(=O)c1cc2ccccc2cc1OC. The van der Waals surface area contributed by atoms with Crippen molar-refractivity contribution >= 4 is 22.4 Å². The van der Waals surface area contributed by atoms with Crippen LogP contribution in [0.3, 0.4) is 0 Å². The van der Waals surface area contributed by atoms with Gasteiger partial charge >= 0.3 is 0 Å². The molecule has 3 heteroatoms. The molecular weight excluding hydrogens is 310 g/mol. The number of fused-ring (bicyclic) bond motifs is 1. The van der Waals surface area contributed by atoms with Crippen LogP contribution in [0.2, 0.25) is 0 Å². The van der Waals surface area contributed by atoms with Crippen LogP contribution in [-0.2, 0) is 0 Å².